The molecule has 5 atom stereocenters. The molecule has 0 aromatic carbocycles. The normalized spacial score (nSPS) is 33.6. The van der Waals surface area contributed by atoms with Gasteiger partial charge in [-0.25, -0.2) is 9.97 Å². The Labute approximate surface area is 157 Å². The summed E-state index contributed by atoms with van der Waals surface area (Å²) in [6, 6.07) is 0. The van der Waals surface area contributed by atoms with E-state index in [9.17, 15) is 4.79 Å². The number of rotatable bonds is 4. The first-order chi connectivity index (χ1) is 12.5. The van der Waals surface area contributed by atoms with E-state index in [1.807, 2.05) is 6.20 Å². The number of fused-ring (bicyclic) bond motifs is 1. The third-order valence-electron chi connectivity index (χ3n) is 6.74. The van der Waals surface area contributed by atoms with Gasteiger partial charge in [0.1, 0.15) is 11.9 Å². The number of hydrogen-bond donors (Lipinski definition) is 0. The number of aromatic nitrogens is 2. The molecule has 142 valence electrons. The molecule has 4 nitrogen and oxygen atoms in total. The van der Waals surface area contributed by atoms with E-state index in [1.165, 1.54) is 36.9 Å². The van der Waals surface area contributed by atoms with Crippen molar-refractivity contribution in [1.82, 2.24) is 9.97 Å². The second-order valence-corrected chi connectivity index (χ2v) is 9.16. The van der Waals surface area contributed by atoms with Crippen molar-refractivity contribution in [3.05, 3.63) is 23.3 Å². The molecule has 4 rings (SSSR count). The zero-order valence-electron chi connectivity index (χ0n) is 16.4. The molecule has 26 heavy (non-hydrogen) atoms. The van der Waals surface area contributed by atoms with Crippen LogP contribution < -0.4 is 0 Å². The number of esters is 1. The lowest BCUT2D eigenvalue weighted by Gasteiger charge is -2.36. The van der Waals surface area contributed by atoms with E-state index in [4.69, 9.17) is 9.72 Å². The zero-order chi connectivity index (χ0) is 18.3. The maximum absolute atomic E-state index is 12.7. The fourth-order valence-electron chi connectivity index (χ4n) is 4.90. The van der Waals surface area contributed by atoms with E-state index in [-0.39, 0.29) is 23.9 Å². The van der Waals surface area contributed by atoms with Gasteiger partial charge in [-0.05, 0) is 68.3 Å². The zero-order valence-corrected chi connectivity index (χ0v) is 16.4. The average molecular weight is 357 g/mol. The first-order valence-electron chi connectivity index (χ1n) is 10.6. The molecule has 0 N–H and O–H groups in total. The molecule has 1 aromatic rings. The van der Waals surface area contributed by atoms with Crippen molar-refractivity contribution in [3.8, 4) is 0 Å². The molecule has 0 saturated heterocycles. The number of nitrogens with zero attached hydrogens (tertiary/aromatic N) is 2. The van der Waals surface area contributed by atoms with Crippen LogP contribution in [0.15, 0.2) is 6.20 Å². The smallest absolute Gasteiger partial charge is 0.309 e. The molecule has 0 radical (unpaired) electrons. The number of hydrogen-bond acceptors (Lipinski definition) is 4. The highest BCUT2D eigenvalue weighted by atomic mass is 16.5. The summed E-state index contributed by atoms with van der Waals surface area (Å²) in [4.78, 5) is 22.1. The molecule has 3 aliphatic rings. The van der Waals surface area contributed by atoms with E-state index in [0.29, 0.717) is 17.8 Å². The summed E-state index contributed by atoms with van der Waals surface area (Å²) in [6.07, 6.45) is 11.0. The van der Waals surface area contributed by atoms with Crippen molar-refractivity contribution in [2.24, 2.45) is 23.7 Å². The summed E-state index contributed by atoms with van der Waals surface area (Å²) in [5.41, 5.74) is 2.51. The van der Waals surface area contributed by atoms with Crippen LogP contribution in [0.25, 0.3) is 0 Å². The minimum Gasteiger partial charge on any atom is -0.462 e. The average Bonchev–Trinajstić information content (AvgIpc) is 3.42. The van der Waals surface area contributed by atoms with Crippen LogP contribution in [0.4, 0.5) is 0 Å². The third-order valence-corrected chi connectivity index (χ3v) is 6.74. The molecule has 1 heterocycles. The van der Waals surface area contributed by atoms with E-state index >= 15 is 0 Å². The minimum absolute atomic E-state index is 0.0129. The van der Waals surface area contributed by atoms with Crippen molar-refractivity contribution in [3.63, 3.8) is 0 Å². The van der Waals surface area contributed by atoms with Crippen LogP contribution in [0.5, 0.6) is 0 Å². The van der Waals surface area contributed by atoms with Gasteiger partial charge in [0.2, 0.25) is 0 Å². The molecule has 0 spiro atoms. The molecule has 0 amide bonds. The maximum Gasteiger partial charge on any atom is 0.309 e. The molecule has 2 saturated carbocycles. The van der Waals surface area contributed by atoms with Crippen LogP contribution >= 0.6 is 0 Å². The molecule has 4 heteroatoms. The van der Waals surface area contributed by atoms with Crippen LogP contribution in [0.1, 0.15) is 82.3 Å². The molecular formula is C22H32N2O2. The van der Waals surface area contributed by atoms with Gasteiger partial charge in [0.25, 0.3) is 0 Å². The molecular weight excluding hydrogens is 324 g/mol. The lowest BCUT2D eigenvalue weighted by molar-refractivity contribution is -0.157. The van der Waals surface area contributed by atoms with Gasteiger partial charge in [-0.3, -0.25) is 4.79 Å². The van der Waals surface area contributed by atoms with Gasteiger partial charge in [-0.15, -0.1) is 0 Å². The minimum atomic E-state index is -0.0262. The summed E-state index contributed by atoms with van der Waals surface area (Å²) in [7, 11) is 0. The summed E-state index contributed by atoms with van der Waals surface area (Å²) < 4.78 is 6.03. The predicted octanol–water partition coefficient (Wildman–Crippen LogP) is 4.46. The van der Waals surface area contributed by atoms with Crippen molar-refractivity contribution >= 4 is 5.97 Å². The highest BCUT2D eigenvalue weighted by Gasteiger charge is 2.48. The van der Waals surface area contributed by atoms with Crippen LogP contribution in [-0.2, 0) is 22.4 Å². The second-order valence-electron chi connectivity index (χ2n) is 9.16. The Morgan fingerprint density at radius 2 is 2.00 bits per heavy atom. The van der Waals surface area contributed by atoms with E-state index < -0.39 is 0 Å². The Kier molecular flexibility index (Phi) is 5.02. The molecule has 0 unspecified atom stereocenters. The highest BCUT2D eigenvalue weighted by Crippen LogP contribution is 2.48. The molecule has 0 aliphatic heterocycles. The predicted molar refractivity (Wildman–Crippen MR) is 101 cm³/mol. The first kappa shape index (κ1) is 17.9. The fourth-order valence-corrected chi connectivity index (χ4v) is 4.90. The molecule has 1 aromatic heterocycles. The fraction of sp³-hybridized carbons (Fsp3) is 0.773. The maximum atomic E-state index is 12.7. The number of carbonyl (C=O) groups excluding carboxylic acids is 1. The standard InChI is InChI=1S/C22H32N2O2/c1-13(2)16-9-8-14(3)10-20(16)26-22(25)18-11-17(18)21-23-12-15-6-4-5-7-19(15)24-21/h12-14,16-18,20H,4-11H2,1-3H3/t14-,16+,17+,18+,20-/m1/s1. The van der Waals surface area contributed by atoms with E-state index in [0.717, 1.165) is 31.5 Å². The Morgan fingerprint density at radius 3 is 2.81 bits per heavy atom. The van der Waals surface area contributed by atoms with Crippen molar-refractivity contribution < 1.29 is 9.53 Å². The molecule has 2 fully saturated rings. The van der Waals surface area contributed by atoms with Gasteiger partial charge in [-0.1, -0.05) is 27.2 Å². The summed E-state index contributed by atoms with van der Waals surface area (Å²) in [5, 5.41) is 0. The van der Waals surface area contributed by atoms with Crippen molar-refractivity contribution in [2.45, 2.75) is 84.2 Å². The number of carbonyl (C=O) groups is 1. The molecule has 0 bridgehead atoms. The van der Waals surface area contributed by atoms with Crippen LogP contribution in [0, 0.1) is 23.7 Å². The SMILES string of the molecule is CC(C)[C@@H]1CC[C@@H](C)C[C@H]1OC(=O)[C@H]1C[C@@H]1c1ncc2c(n1)CCCC2. The Balaban J connectivity index is 1.39. The van der Waals surface area contributed by atoms with Crippen molar-refractivity contribution in [1.29, 1.82) is 0 Å². The number of ether oxygens (including phenoxy) is 1. The Hall–Kier alpha value is -1.45. The first-order valence-corrected chi connectivity index (χ1v) is 10.6. The Morgan fingerprint density at radius 1 is 1.19 bits per heavy atom. The summed E-state index contributed by atoms with van der Waals surface area (Å²) >= 11 is 0. The molecule has 3 aliphatic carbocycles. The lowest BCUT2D eigenvalue weighted by Crippen LogP contribution is -2.36. The summed E-state index contributed by atoms with van der Waals surface area (Å²) in [6.45, 7) is 6.78. The Bertz CT molecular complexity index is 672. The van der Waals surface area contributed by atoms with Gasteiger partial charge < -0.3 is 4.74 Å². The van der Waals surface area contributed by atoms with E-state index in [2.05, 4.69) is 25.8 Å². The van der Waals surface area contributed by atoms with Crippen molar-refractivity contribution in [2.75, 3.05) is 0 Å². The quantitative estimate of drug-likeness (QED) is 0.747. The largest absolute Gasteiger partial charge is 0.462 e. The van der Waals surface area contributed by atoms with Crippen LogP contribution in [-0.4, -0.2) is 22.0 Å². The monoisotopic (exact) mass is 356 g/mol. The van der Waals surface area contributed by atoms with E-state index in [1.54, 1.807) is 0 Å². The topological polar surface area (TPSA) is 52.1 Å². The second kappa shape index (κ2) is 7.28. The van der Waals surface area contributed by atoms with Gasteiger partial charge in [-0.2, -0.15) is 0 Å². The van der Waals surface area contributed by atoms with Gasteiger partial charge in [0.05, 0.1) is 5.92 Å². The summed E-state index contributed by atoms with van der Waals surface area (Å²) in [5.74, 6) is 2.73. The third kappa shape index (κ3) is 3.65. The number of aryl methyl sites for hydroxylation is 2. The van der Waals surface area contributed by atoms with Gasteiger partial charge in [0, 0.05) is 17.8 Å². The van der Waals surface area contributed by atoms with Gasteiger partial charge in [0.15, 0.2) is 0 Å². The lowest BCUT2D eigenvalue weighted by atomic mass is 9.75. The van der Waals surface area contributed by atoms with Crippen LogP contribution in [0.3, 0.4) is 0 Å². The highest BCUT2D eigenvalue weighted by molar-refractivity contribution is 5.77. The van der Waals surface area contributed by atoms with Crippen LogP contribution in [0.2, 0.25) is 0 Å². The van der Waals surface area contributed by atoms with Gasteiger partial charge >= 0.3 is 5.97 Å².